The minimum Gasteiger partial charge on any atom is -0.319 e. The molecule has 0 atom stereocenters. The summed E-state index contributed by atoms with van der Waals surface area (Å²) >= 11 is 5.91. The molecule has 0 spiro atoms. The first-order chi connectivity index (χ1) is 9.49. The van der Waals surface area contributed by atoms with Crippen molar-refractivity contribution in [3.63, 3.8) is 0 Å². The van der Waals surface area contributed by atoms with Crippen LogP contribution in [0.15, 0.2) is 24.5 Å². The molecular weight excluding hydrogens is 276 g/mol. The van der Waals surface area contributed by atoms with Crippen LogP contribution in [-0.4, -0.2) is 20.7 Å². The van der Waals surface area contributed by atoms with Gasteiger partial charge in [-0.3, -0.25) is 9.48 Å². The Morgan fingerprint density at radius 2 is 2.20 bits per heavy atom. The number of nitrogens with one attached hydrogen (secondary N) is 1. The first-order valence-corrected chi connectivity index (χ1v) is 6.89. The maximum Gasteiger partial charge on any atom is 0.255 e. The van der Waals surface area contributed by atoms with E-state index in [4.69, 9.17) is 11.6 Å². The SMILES string of the molecule is CCc1cc(C(=O)Nc2cnn(C(C)C)c2)cc(Cl)n1. The number of carbonyl (C=O) groups excluding carboxylic acids is 1. The summed E-state index contributed by atoms with van der Waals surface area (Å²) in [5, 5.41) is 7.31. The van der Waals surface area contributed by atoms with Gasteiger partial charge < -0.3 is 5.32 Å². The molecule has 0 aliphatic heterocycles. The quantitative estimate of drug-likeness (QED) is 0.879. The van der Waals surface area contributed by atoms with Crippen LogP contribution in [0.4, 0.5) is 5.69 Å². The average Bonchev–Trinajstić information content (AvgIpc) is 2.86. The van der Waals surface area contributed by atoms with E-state index in [0.717, 1.165) is 12.1 Å². The maximum absolute atomic E-state index is 12.2. The van der Waals surface area contributed by atoms with Crippen LogP contribution < -0.4 is 5.32 Å². The van der Waals surface area contributed by atoms with Gasteiger partial charge in [-0.2, -0.15) is 5.10 Å². The molecule has 2 rings (SSSR count). The van der Waals surface area contributed by atoms with E-state index in [1.807, 2.05) is 20.8 Å². The Hall–Kier alpha value is -1.88. The summed E-state index contributed by atoms with van der Waals surface area (Å²) in [5.41, 5.74) is 1.95. The standard InChI is InChI=1S/C14H17ClN4O/c1-4-11-5-10(6-13(15)17-11)14(20)18-12-7-16-19(8-12)9(2)3/h5-9H,4H2,1-3H3,(H,18,20). The molecule has 106 valence electrons. The van der Waals surface area contributed by atoms with Crippen LogP contribution in [0.2, 0.25) is 5.15 Å². The zero-order valence-corrected chi connectivity index (χ0v) is 12.5. The molecule has 2 aromatic heterocycles. The highest BCUT2D eigenvalue weighted by Crippen LogP contribution is 2.15. The van der Waals surface area contributed by atoms with Gasteiger partial charge in [-0.25, -0.2) is 4.98 Å². The summed E-state index contributed by atoms with van der Waals surface area (Å²) in [7, 11) is 0. The highest BCUT2D eigenvalue weighted by atomic mass is 35.5. The zero-order valence-electron chi connectivity index (χ0n) is 11.7. The Labute approximate surface area is 123 Å². The lowest BCUT2D eigenvalue weighted by Gasteiger charge is -2.06. The molecule has 2 aromatic rings. The fraction of sp³-hybridized carbons (Fsp3) is 0.357. The van der Waals surface area contributed by atoms with Gasteiger partial charge in [0.05, 0.1) is 11.9 Å². The van der Waals surface area contributed by atoms with Crippen LogP contribution in [0.25, 0.3) is 0 Å². The highest BCUT2D eigenvalue weighted by Gasteiger charge is 2.11. The van der Waals surface area contributed by atoms with Gasteiger partial charge in [0.1, 0.15) is 5.15 Å². The monoisotopic (exact) mass is 292 g/mol. The Morgan fingerprint density at radius 3 is 2.80 bits per heavy atom. The van der Waals surface area contributed by atoms with Crippen molar-refractivity contribution >= 4 is 23.2 Å². The van der Waals surface area contributed by atoms with Gasteiger partial charge in [-0.15, -0.1) is 0 Å². The molecular formula is C14H17ClN4O. The molecule has 6 heteroatoms. The lowest BCUT2D eigenvalue weighted by molar-refractivity contribution is 0.102. The molecule has 0 fully saturated rings. The van der Waals surface area contributed by atoms with E-state index < -0.39 is 0 Å². The predicted octanol–water partition coefficient (Wildman–Crippen LogP) is 3.33. The summed E-state index contributed by atoms with van der Waals surface area (Å²) in [6.45, 7) is 6.01. The van der Waals surface area contributed by atoms with Crippen molar-refractivity contribution in [3.8, 4) is 0 Å². The number of rotatable bonds is 4. The molecule has 5 nitrogen and oxygen atoms in total. The van der Waals surface area contributed by atoms with Gasteiger partial charge in [0, 0.05) is 23.5 Å². The van der Waals surface area contributed by atoms with Crippen molar-refractivity contribution in [3.05, 3.63) is 40.9 Å². The molecule has 20 heavy (non-hydrogen) atoms. The van der Waals surface area contributed by atoms with E-state index in [1.54, 1.807) is 29.2 Å². The van der Waals surface area contributed by atoms with Crippen molar-refractivity contribution in [2.75, 3.05) is 5.32 Å². The molecule has 1 N–H and O–H groups in total. The van der Waals surface area contributed by atoms with Crippen molar-refractivity contribution in [2.24, 2.45) is 0 Å². The third kappa shape index (κ3) is 3.36. The summed E-state index contributed by atoms with van der Waals surface area (Å²) in [6, 6.07) is 3.56. The van der Waals surface area contributed by atoms with Gasteiger partial charge >= 0.3 is 0 Å². The predicted molar refractivity (Wildman–Crippen MR) is 79.2 cm³/mol. The van der Waals surface area contributed by atoms with Crippen LogP contribution in [0, 0.1) is 0 Å². The first-order valence-electron chi connectivity index (χ1n) is 6.51. The van der Waals surface area contributed by atoms with Crippen LogP contribution in [0.3, 0.4) is 0 Å². The van der Waals surface area contributed by atoms with Gasteiger partial charge in [0.25, 0.3) is 5.91 Å². The van der Waals surface area contributed by atoms with Crippen LogP contribution in [0.5, 0.6) is 0 Å². The Balaban J connectivity index is 2.16. The van der Waals surface area contributed by atoms with Gasteiger partial charge in [-0.05, 0) is 32.4 Å². The van der Waals surface area contributed by atoms with Gasteiger partial charge in [0.2, 0.25) is 0 Å². The topological polar surface area (TPSA) is 59.8 Å². The number of halogens is 1. The number of hydrogen-bond donors (Lipinski definition) is 1. The maximum atomic E-state index is 12.2. The molecule has 0 saturated carbocycles. The van der Waals surface area contributed by atoms with Crippen molar-refractivity contribution < 1.29 is 4.79 Å². The number of carbonyl (C=O) groups is 1. The number of hydrogen-bond acceptors (Lipinski definition) is 3. The second-order valence-electron chi connectivity index (χ2n) is 4.78. The molecule has 1 amide bonds. The third-order valence-corrected chi connectivity index (χ3v) is 3.05. The second-order valence-corrected chi connectivity index (χ2v) is 5.17. The summed E-state index contributed by atoms with van der Waals surface area (Å²) in [5.74, 6) is -0.215. The normalized spacial score (nSPS) is 10.8. The first kappa shape index (κ1) is 14.5. The molecule has 0 aliphatic rings. The minimum atomic E-state index is -0.215. The van der Waals surface area contributed by atoms with E-state index in [9.17, 15) is 4.79 Å². The number of aryl methyl sites for hydroxylation is 1. The number of pyridine rings is 1. The third-order valence-electron chi connectivity index (χ3n) is 2.86. The van der Waals surface area contributed by atoms with E-state index in [0.29, 0.717) is 16.4 Å². The number of anilines is 1. The number of amides is 1. The van der Waals surface area contributed by atoms with E-state index in [1.165, 1.54) is 0 Å². The lowest BCUT2D eigenvalue weighted by atomic mass is 10.2. The van der Waals surface area contributed by atoms with Crippen molar-refractivity contribution in [2.45, 2.75) is 33.2 Å². The molecule has 0 aromatic carbocycles. The second kappa shape index (κ2) is 6.05. The summed E-state index contributed by atoms with van der Waals surface area (Å²) < 4.78 is 1.78. The Bertz CT molecular complexity index is 621. The molecule has 0 bridgehead atoms. The molecule has 0 aliphatic carbocycles. The average molecular weight is 293 g/mol. The van der Waals surface area contributed by atoms with E-state index >= 15 is 0 Å². The Kier molecular flexibility index (Phi) is 4.39. The summed E-state index contributed by atoms with van der Waals surface area (Å²) in [4.78, 5) is 16.3. The minimum absolute atomic E-state index is 0.215. The van der Waals surface area contributed by atoms with Gasteiger partial charge in [-0.1, -0.05) is 18.5 Å². The lowest BCUT2D eigenvalue weighted by Crippen LogP contribution is -2.12. The van der Waals surface area contributed by atoms with E-state index in [2.05, 4.69) is 15.4 Å². The fourth-order valence-corrected chi connectivity index (χ4v) is 1.98. The smallest absolute Gasteiger partial charge is 0.255 e. The largest absolute Gasteiger partial charge is 0.319 e. The molecule has 2 heterocycles. The highest BCUT2D eigenvalue weighted by molar-refractivity contribution is 6.29. The van der Waals surface area contributed by atoms with Crippen molar-refractivity contribution in [1.82, 2.24) is 14.8 Å². The molecule has 0 saturated heterocycles. The fourth-order valence-electron chi connectivity index (χ4n) is 1.75. The van der Waals surface area contributed by atoms with Crippen LogP contribution >= 0.6 is 11.6 Å². The van der Waals surface area contributed by atoms with Crippen molar-refractivity contribution in [1.29, 1.82) is 0 Å². The summed E-state index contributed by atoms with van der Waals surface area (Å²) in [6.07, 6.45) is 4.15. The zero-order chi connectivity index (χ0) is 14.7. The van der Waals surface area contributed by atoms with E-state index in [-0.39, 0.29) is 11.9 Å². The van der Waals surface area contributed by atoms with Gasteiger partial charge in [0.15, 0.2) is 0 Å². The molecule has 0 unspecified atom stereocenters. The Morgan fingerprint density at radius 1 is 1.45 bits per heavy atom. The number of aromatic nitrogens is 3. The van der Waals surface area contributed by atoms with Crippen LogP contribution in [-0.2, 0) is 6.42 Å². The molecule has 0 radical (unpaired) electrons. The van der Waals surface area contributed by atoms with Crippen LogP contribution in [0.1, 0.15) is 42.9 Å². The number of nitrogens with zero attached hydrogens (tertiary/aromatic N) is 3.